The zero-order chi connectivity index (χ0) is 17.4. The van der Waals surface area contributed by atoms with Crippen LogP contribution >= 0.6 is 0 Å². The molecule has 3 nitrogen and oxygen atoms in total. The number of allylic oxidation sites excluding steroid dienone is 6. The largest absolute Gasteiger partial charge is 0.344 e. The van der Waals surface area contributed by atoms with Crippen LogP contribution in [0.5, 0.6) is 0 Å². The average molecular weight is 326 g/mol. The van der Waals surface area contributed by atoms with Crippen molar-refractivity contribution < 1.29 is 4.79 Å². The van der Waals surface area contributed by atoms with Gasteiger partial charge in [0.1, 0.15) is 5.69 Å². The molecule has 25 heavy (non-hydrogen) atoms. The van der Waals surface area contributed by atoms with Crippen LogP contribution in [-0.2, 0) is 0 Å². The van der Waals surface area contributed by atoms with Crippen molar-refractivity contribution in [3.8, 4) is 0 Å². The van der Waals surface area contributed by atoms with Crippen LogP contribution in [0.3, 0.4) is 0 Å². The van der Waals surface area contributed by atoms with Gasteiger partial charge in [-0.15, -0.1) is 0 Å². The topological polar surface area (TPSA) is 33.2 Å². The van der Waals surface area contributed by atoms with Gasteiger partial charge in [-0.2, -0.15) is 0 Å². The molecule has 0 unspecified atom stereocenters. The van der Waals surface area contributed by atoms with E-state index in [2.05, 4.69) is 60.3 Å². The molecule has 1 aromatic carbocycles. The van der Waals surface area contributed by atoms with Gasteiger partial charge >= 0.3 is 0 Å². The number of fused-ring (bicyclic) bond motifs is 2. The zero-order valence-corrected chi connectivity index (χ0v) is 14.2. The van der Waals surface area contributed by atoms with E-state index in [4.69, 9.17) is 0 Å². The summed E-state index contributed by atoms with van der Waals surface area (Å²) in [6, 6.07) is 10.3. The standard InChI is InChI=1S/C22H18N2O/c1-15-5-11-20-17(14-15)7-10-18(24(20)2)9-6-16-8-12-21(25)22-19(16)4-3-13-23-22/h3-14H,1-2H3. The molecular weight excluding hydrogens is 308 g/mol. The molecule has 4 rings (SSSR count). The van der Waals surface area contributed by atoms with Crippen molar-refractivity contribution >= 4 is 23.1 Å². The van der Waals surface area contributed by atoms with Crippen molar-refractivity contribution in [2.45, 2.75) is 6.92 Å². The van der Waals surface area contributed by atoms with Gasteiger partial charge in [0, 0.05) is 30.2 Å². The molecule has 0 N–H and O–H groups in total. The Hall–Kier alpha value is -3.20. The number of likely N-dealkylation sites (N-methyl/N-ethyl adjacent to an activating group) is 1. The second-order valence-corrected chi connectivity index (χ2v) is 6.27. The number of aromatic nitrogens is 1. The summed E-state index contributed by atoms with van der Waals surface area (Å²) in [4.78, 5) is 18.3. The third kappa shape index (κ3) is 2.74. The Balaban J connectivity index is 1.71. The highest BCUT2D eigenvalue weighted by Gasteiger charge is 2.17. The van der Waals surface area contributed by atoms with E-state index in [0.717, 1.165) is 16.8 Å². The Labute approximate surface area is 147 Å². The predicted molar refractivity (Wildman–Crippen MR) is 102 cm³/mol. The lowest BCUT2D eigenvalue weighted by Gasteiger charge is -2.26. The molecule has 0 spiro atoms. The molecule has 1 aliphatic carbocycles. The van der Waals surface area contributed by atoms with Gasteiger partial charge in [-0.05, 0) is 54.5 Å². The highest BCUT2D eigenvalue weighted by Crippen LogP contribution is 2.31. The summed E-state index contributed by atoms with van der Waals surface area (Å²) in [5.74, 6) is -0.0422. The van der Waals surface area contributed by atoms with Crippen LogP contribution in [0.4, 0.5) is 5.69 Å². The van der Waals surface area contributed by atoms with Crippen LogP contribution < -0.4 is 4.90 Å². The van der Waals surface area contributed by atoms with Crippen LogP contribution in [0.25, 0.3) is 11.6 Å². The lowest BCUT2D eigenvalue weighted by atomic mass is 9.95. The number of carbonyl (C=O) groups is 1. The first kappa shape index (κ1) is 15.3. The van der Waals surface area contributed by atoms with E-state index in [1.165, 1.54) is 16.8 Å². The first-order valence-electron chi connectivity index (χ1n) is 8.26. The van der Waals surface area contributed by atoms with Gasteiger partial charge in [0.25, 0.3) is 0 Å². The number of pyridine rings is 1. The van der Waals surface area contributed by atoms with Gasteiger partial charge in [-0.3, -0.25) is 9.78 Å². The van der Waals surface area contributed by atoms with Gasteiger partial charge in [-0.1, -0.05) is 35.9 Å². The van der Waals surface area contributed by atoms with Crippen LogP contribution in [-0.4, -0.2) is 17.8 Å². The first-order valence-corrected chi connectivity index (χ1v) is 8.26. The van der Waals surface area contributed by atoms with Crippen LogP contribution in [0.2, 0.25) is 0 Å². The van der Waals surface area contributed by atoms with E-state index in [0.29, 0.717) is 5.69 Å². The summed E-state index contributed by atoms with van der Waals surface area (Å²) >= 11 is 0. The molecular formula is C22H18N2O. The van der Waals surface area contributed by atoms with Crippen molar-refractivity contribution in [1.82, 2.24) is 4.98 Å². The van der Waals surface area contributed by atoms with Gasteiger partial charge in [0.15, 0.2) is 0 Å². The Kier molecular flexibility index (Phi) is 3.69. The van der Waals surface area contributed by atoms with Crippen LogP contribution in [0.15, 0.2) is 72.6 Å². The molecule has 0 bridgehead atoms. The fourth-order valence-electron chi connectivity index (χ4n) is 3.20. The fourth-order valence-corrected chi connectivity index (χ4v) is 3.20. The highest BCUT2D eigenvalue weighted by molar-refractivity contribution is 6.11. The molecule has 2 heterocycles. The monoisotopic (exact) mass is 326 g/mol. The number of benzene rings is 1. The second kappa shape index (κ2) is 6.02. The van der Waals surface area contributed by atoms with Crippen molar-refractivity contribution in [2.24, 2.45) is 0 Å². The first-order chi connectivity index (χ1) is 12.1. The number of aryl methyl sites for hydroxylation is 1. The number of carbonyl (C=O) groups excluding carboxylic acids is 1. The summed E-state index contributed by atoms with van der Waals surface area (Å²) in [6.45, 7) is 2.10. The molecule has 0 fully saturated rings. The van der Waals surface area contributed by atoms with Crippen molar-refractivity contribution in [1.29, 1.82) is 0 Å². The molecule has 2 aliphatic rings. The maximum absolute atomic E-state index is 11.9. The molecule has 1 aromatic heterocycles. The molecule has 0 saturated heterocycles. The van der Waals surface area contributed by atoms with E-state index in [-0.39, 0.29) is 5.78 Å². The SMILES string of the molecule is Cc1ccc2c(c1)C=CC(=CC=C1C=CC(=O)c3ncccc31)N2C. The minimum absolute atomic E-state index is 0.0422. The molecule has 122 valence electrons. The molecule has 3 heteroatoms. The normalized spacial score (nSPS) is 18.6. The average Bonchev–Trinajstić information content (AvgIpc) is 2.63. The smallest absolute Gasteiger partial charge is 0.204 e. The number of ketones is 1. The Morgan fingerprint density at radius 1 is 1.04 bits per heavy atom. The molecule has 0 radical (unpaired) electrons. The minimum atomic E-state index is -0.0422. The van der Waals surface area contributed by atoms with Gasteiger partial charge in [0.2, 0.25) is 5.78 Å². The fraction of sp³-hybridized carbons (Fsp3) is 0.0909. The maximum atomic E-state index is 11.9. The van der Waals surface area contributed by atoms with E-state index >= 15 is 0 Å². The van der Waals surface area contributed by atoms with E-state index < -0.39 is 0 Å². The van der Waals surface area contributed by atoms with Gasteiger partial charge in [-0.25, -0.2) is 0 Å². The molecule has 0 amide bonds. The number of hydrogen-bond acceptors (Lipinski definition) is 3. The highest BCUT2D eigenvalue weighted by atomic mass is 16.1. The second-order valence-electron chi connectivity index (χ2n) is 6.27. The third-order valence-corrected chi connectivity index (χ3v) is 4.57. The number of rotatable bonds is 1. The molecule has 1 aliphatic heterocycles. The van der Waals surface area contributed by atoms with Crippen molar-refractivity contribution in [2.75, 3.05) is 11.9 Å². The van der Waals surface area contributed by atoms with Gasteiger partial charge in [0.05, 0.1) is 0 Å². The number of nitrogens with zero attached hydrogens (tertiary/aromatic N) is 2. The van der Waals surface area contributed by atoms with Crippen molar-refractivity contribution in [3.05, 3.63) is 95.0 Å². The molecule has 0 atom stereocenters. The number of hydrogen-bond donors (Lipinski definition) is 0. The summed E-state index contributed by atoms with van der Waals surface area (Å²) in [6.07, 6.45) is 13.5. The maximum Gasteiger partial charge on any atom is 0.204 e. The predicted octanol–water partition coefficient (Wildman–Crippen LogP) is 4.57. The molecule has 2 aromatic rings. The summed E-state index contributed by atoms with van der Waals surface area (Å²) in [5, 5.41) is 0. The molecule has 0 saturated carbocycles. The lowest BCUT2D eigenvalue weighted by Crippen LogP contribution is -2.18. The Bertz CT molecular complexity index is 993. The summed E-state index contributed by atoms with van der Waals surface area (Å²) < 4.78 is 0. The minimum Gasteiger partial charge on any atom is -0.344 e. The quantitative estimate of drug-likeness (QED) is 0.769. The van der Waals surface area contributed by atoms with E-state index in [1.807, 2.05) is 24.3 Å². The van der Waals surface area contributed by atoms with E-state index in [9.17, 15) is 4.79 Å². The summed E-state index contributed by atoms with van der Waals surface area (Å²) in [5.41, 5.74) is 7.16. The Morgan fingerprint density at radius 2 is 1.92 bits per heavy atom. The van der Waals surface area contributed by atoms with Crippen LogP contribution in [0.1, 0.15) is 27.2 Å². The lowest BCUT2D eigenvalue weighted by molar-refractivity contribution is 0.104. The number of anilines is 1. The van der Waals surface area contributed by atoms with Gasteiger partial charge < -0.3 is 4.90 Å². The van der Waals surface area contributed by atoms with Crippen LogP contribution in [0, 0.1) is 6.92 Å². The summed E-state index contributed by atoms with van der Waals surface area (Å²) in [7, 11) is 2.07. The van der Waals surface area contributed by atoms with Crippen molar-refractivity contribution in [3.63, 3.8) is 0 Å². The third-order valence-electron chi connectivity index (χ3n) is 4.57. The Morgan fingerprint density at radius 3 is 2.80 bits per heavy atom. The van der Waals surface area contributed by atoms with E-state index in [1.54, 1.807) is 12.3 Å². The zero-order valence-electron chi connectivity index (χ0n) is 14.2.